The molecule has 0 spiro atoms. The Hall–Kier alpha value is -2.54. The number of hydrogen-bond acceptors (Lipinski definition) is 5. The zero-order chi connectivity index (χ0) is 18.7. The van der Waals surface area contributed by atoms with Gasteiger partial charge >= 0.3 is 0 Å². The molecule has 1 N–H and O–H groups in total. The summed E-state index contributed by atoms with van der Waals surface area (Å²) >= 11 is 1.36. The van der Waals surface area contributed by atoms with Gasteiger partial charge in [-0.2, -0.15) is 0 Å². The van der Waals surface area contributed by atoms with E-state index in [2.05, 4.69) is 29.4 Å². The van der Waals surface area contributed by atoms with E-state index in [0.29, 0.717) is 22.7 Å². The standard InChI is InChI=1S/C19H22N4O2S/c1-12(2)14-7-9-15(10-8-14)20-18(24)13(3)26-19-22-21-17(23(19)4)16-6-5-11-25-16/h5-13H,1-4H3,(H,20,24)/t13-/m0/s1. The third-order valence-corrected chi connectivity index (χ3v) is 5.21. The molecule has 0 aliphatic carbocycles. The number of nitrogens with zero attached hydrogens (tertiary/aromatic N) is 3. The van der Waals surface area contributed by atoms with Crippen molar-refractivity contribution in [2.45, 2.75) is 37.1 Å². The Morgan fingerprint density at radius 1 is 1.15 bits per heavy atom. The van der Waals surface area contributed by atoms with Gasteiger partial charge in [0.1, 0.15) is 0 Å². The second-order valence-corrected chi connectivity index (χ2v) is 7.68. The van der Waals surface area contributed by atoms with Gasteiger partial charge in [0.2, 0.25) is 5.91 Å². The van der Waals surface area contributed by atoms with Crippen LogP contribution >= 0.6 is 11.8 Å². The Kier molecular flexibility index (Phi) is 5.46. The van der Waals surface area contributed by atoms with E-state index in [1.54, 1.807) is 12.3 Å². The molecule has 26 heavy (non-hydrogen) atoms. The first-order chi connectivity index (χ1) is 12.5. The van der Waals surface area contributed by atoms with Gasteiger partial charge in [0.25, 0.3) is 0 Å². The molecule has 2 aromatic heterocycles. The topological polar surface area (TPSA) is 73.0 Å². The predicted octanol–water partition coefficient (Wildman–Crippen LogP) is 4.32. The normalized spacial score (nSPS) is 12.3. The monoisotopic (exact) mass is 370 g/mol. The van der Waals surface area contributed by atoms with Crippen molar-refractivity contribution >= 4 is 23.4 Å². The van der Waals surface area contributed by atoms with Crippen LogP contribution in [0.2, 0.25) is 0 Å². The molecule has 6 nitrogen and oxygen atoms in total. The summed E-state index contributed by atoms with van der Waals surface area (Å²) in [7, 11) is 1.86. The Morgan fingerprint density at radius 2 is 1.88 bits per heavy atom. The molecule has 0 saturated heterocycles. The number of aromatic nitrogens is 3. The minimum atomic E-state index is -0.313. The fourth-order valence-electron chi connectivity index (χ4n) is 2.44. The molecule has 0 aliphatic rings. The van der Waals surface area contributed by atoms with Crippen molar-refractivity contribution in [1.82, 2.24) is 14.8 Å². The van der Waals surface area contributed by atoms with E-state index in [4.69, 9.17) is 4.42 Å². The van der Waals surface area contributed by atoms with Crippen molar-refractivity contribution < 1.29 is 9.21 Å². The first-order valence-corrected chi connectivity index (χ1v) is 9.34. The average Bonchev–Trinajstić information content (AvgIpc) is 3.26. The molecule has 0 saturated carbocycles. The summed E-state index contributed by atoms with van der Waals surface area (Å²) < 4.78 is 7.18. The summed E-state index contributed by atoms with van der Waals surface area (Å²) in [5, 5.41) is 11.6. The predicted molar refractivity (Wildman–Crippen MR) is 103 cm³/mol. The highest BCUT2D eigenvalue weighted by Crippen LogP contribution is 2.26. The number of hydrogen-bond donors (Lipinski definition) is 1. The molecule has 0 aliphatic heterocycles. The van der Waals surface area contributed by atoms with Gasteiger partial charge in [0.15, 0.2) is 16.7 Å². The van der Waals surface area contributed by atoms with Gasteiger partial charge in [-0.3, -0.25) is 4.79 Å². The number of benzene rings is 1. The molecule has 0 unspecified atom stereocenters. The quantitative estimate of drug-likeness (QED) is 0.654. The van der Waals surface area contributed by atoms with Gasteiger partial charge in [-0.05, 0) is 42.7 Å². The molecule has 0 bridgehead atoms. The molecule has 3 aromatic rings. The second-order valence-electron chi connectivity index (χ2n) is 6.37. The van der Waals surface area contributed by atoms with Gasteiger partial charge in [-0.15, -0.1) is 10.2 Å². The zero-order valence-corrected chi connectivity index (χ0v) is 16.1. The van der Waals surface area contributed by atoms with E-state index in [1.807, 2.05) is 48.9 Å². The molecule has 2 heterocycles. The lowest BCUT2D eigenvalue weighted by atomic mass is 10.0. The van der Waals surface area contributed by atoms with E-state index < -0.39 is 0 Å². The summed E-state index contributed by atoms with van der Waals surface area (Å²) in [6.45, 7) is 6.14. The van der Waals surface area contributed by atoms with E-state index >= 15 is 0 Å². The lowest BCUT2D eigenvalue weighted by Gasteiger charge is -2.12. The molecular formula is C19H22N4O2S. The highest BCUT2D eigenvalue weighted by molar-refractivity contribution is 8.00. The van der Waals surface area contributed by atoms with Crippen molar-refractivity contribution in [3.63, 3.8) is 0 Å². The highest BCUT2D eigenvalue weighted by atomic mass is 32.2. The molecule has 0 radical (unpaired) electrons. The van der Waals surface area contributed by atoms with Gasteiger partial charge in [-0.25, -0.2) is 0 Å². The Morgan fingerprint density at radius 3 is 2.50 bits per heavy atom. The number of rotatable bonds is 6. The number of nitrogens with one attached hydrogen (secondary N) is 1. The maximum Gasteiger partial charge on any atom is 0.237 e. The van der Waals surface area contributed by atoms with Crippen LogP contribution in [0, 0.1) is 0 Å². The molecule has 136 valence electrons. The molecule has 0 fully saturated rings. The van der Waals surface area contributed by atoms with Gasteiger partial charge in [0, 0.05) is 12.7 Å². The van der Waals surface area contributed by atoms with Crippen LogP contribution in [0.5, 0.6) is 0 Å². The molecule has 1 atom stereocenters. The Bertz CT molecular complexity index is 870. The summed E-state index contributed by atoms with van der Waals surface area (Å²) in [4.78, 5) is 12.5. The zero-order valence-electron chi connectivity index (χ0n) is 15.3. The first kappa shape index (κ1) is 18.3. The van der Waals surface area contributed by atoms with Crippen molar-refractivity contribution in [1.29, 1.82) is 0 Å². The molecular weight excluding hydrogens is 348 g/mol. The van der Waals surface area contributed by atoms with Crippen LogP contribution < -0.4 is 5.32 Å². The maximum atomic E-state index is 12.5. The molecule has 1 amide bonds. The largest absolute Gasteiger partial charge is 0.461 e. The van der Waals surface area contributed by atoms with Crippen LogP contribution in [0.1, 0.15) is 32.3 Å². The number of furan rings is 1. The third-order valence-electron chi connectivity index (χ3n) is 4.07. The van der Waals surface area contributed by atoms with Gasteiger partial charge in [0.05, 0.1) is 11.5 Å². The molecule has 7 heteroatoms. The minimum absolute atomic E-state index is 0.0742. The van der Waals surface area contributed by atoms with Crippen LogP contribution in [-0.2, 0) is 11.8 Å². The summed E-state index contributed by atoms with van der Waals surface area (Å²) in [6, 6.07) is 11.6. The van der Waals surface area contributed by atoms with Crippen LogP contribution in [0.15, 0.2) is 52.2 Å². The summed E-state index contributed by atoms with van der Waals surface area (Å²) in [5.41, 5.74) is 2.04. The van der Waals surface area contributed by atoms with E-state index in [9.17, 15) is 4.79 Å². The third kappa shape index (κ3) is 3.99. The van der Waals surface area contributed by atoms with Crippen LogP contribution in [0.25, 0.3) is 11.6 Å². The fraction of sp³-hybridized carbons (Fsp3) is 0.316. The maximum absolute atomic E-state index is 12.5. The highest BCUT2D eigenvalue weighted by Gasteiger charge is 2.20. The first-order valence-electron chi connectivity index (χ1n) is 8.46. The number of carbonyl (C=O) groups is 1. The van der Waals surface area contributed by atoms with Crippen molar-refractivity contribution in [2.75, 3.05) is 5.32 Å². The SMILES string of the molecule is CC(C)c1ccc(NC(=O)[C@H](C)Sc2nnc(-c3ccco3)n2C)cc1. The lowest BCUT2D eigenvalue weighted by molar-refractivity contribution is -0.115. The van der Waals surface area contributed by atoms with Gasteiger partial charge in [-0.1, -0.05) is 37.7 Å². The fourth-order valence-corrected chi connectivity index (χ4v) is 3.26. The van der Waals surface area contributed by atoms with E-state index in [0.717, 1.165) is 5.69 Å². The van der Waals surface area contributed by atoms with E-state index in [-0.39, 0.29) is 11.2 Å². The lowest BCUT2D eigenvalue weighted by Crippen LogP contribution is -2.22. The number of thioether (sulfide) groups is 1. The van der Waals surface area contributed by atoms with E-state index in [1.165, 1.54) is 17.3 Å². The van der Waals surface area contributed by atoms with Crippen LogP contribution in [-0.4, -0.2) is 25.9 Å². The number of carbonyl (C=O) groups excluding carboxylic acids is 1. The molecule has 1 aromatic carbocycles. The Labute approximate surface area is 157 Å². The van der Waals surface area contributed by atoms with Crippen molar-refractivity contribution in [2.24, 2.45) is 7.05 Å². The van der Waals surface area contributed by atoms with Crippen LogP contribution in [0.4, 0.5) is 5.69 Å². The second kappa shape index (κ2) is 7.78. The van der Waals surface area contributed by atoms with Crippen molar-refractivity contribution in [3.05, 3.63) is 48.2 Å². The summed E-state index contributed by atoms with van der Waals surface area (Å²) in [5.74, 6) is 1.67. The Balaban J connectivity index is 1.64. The number of amides is 1. The minimum Gasteiger partial charge on any atom is -0.461 e. The smallest absolute Gasteiger partial charge is 0.237 e. The summed E-state index contributed by atoms with van der Waals surface area (Å²) in [6.07, 6.45) is 1.59. The average molecular weight is 370 g/mol. The van der Waals surface area contributed by atoms with Crippen LogP contribution in [0.3, 0.4) is 0 Å². The van der Waals surface area contributed by atoms with Gasteiger partial charge < -0.3 is 14.3 Å². The number of anilines is 1. The molecule has 3 rings (SSSR count). The van der Waals surface area contributed by atoms with Crippen molar-refractivity contribution in [3.8, 4) is 11.6 Å².